The highest BCUT2D eigenvalue weighted by Crippen LogP contribution is 2.35. The predicted octanol–water partition coefficient (Wildman–Crippen LogP) is 5.07. The summed E-state index contributed by atoms with van der Waals surface area (Å²) in [5.74, 6) is 0.379. The molecule has 0 radical (unpaired) electrons. The van der Waals surface area contributed by atoms with E-state index < -0.39 is 0 Å². The fourth-order valence-corrected chi connectivity index (χ4v) is 3.39. The standard InChI is InChI=1S/C18H12ClN3O3S/c1-24-14-7-6-10(19)8-11(14)16-21-13(17(23)25-16)9-20-18-22-12-4-2-3-5-15(12)26-18/h2-9,23H,1H3/b20-9+. The summed E-state index contributed by atoms with van der Waals surface area (Å²) in [4.78, 5) is 13.0. The molecule has 4 rings (SSSR count). The lowest BCUT2D eigenvalue weighted by molar-refractivity contribution is 0.336. The van der Waals surface area contributed by atoms with Gasteiger partial charge in [0.15, 0.2) is 5.69 Å². The van der Waals surface area contributed by atoms with Gasteiger partial charge in [-0.2, -0.15) is 0 Å². The molecule has 1 N–H and O–H groups in total. The van der Waals surface area contributed by atoms with Gasteiger partial charge in [0.2, 0.25) is 11.0 Å². The van der Waals surface area contributed by atoms with Gasteiger partial charge in [-0.25, -0.2) is 15.0 Å². The second-order valence-corrected chi connectivity index (χ2v) is 6.72. The maximum Gasteiger partial charge on any atom is 0.312 e. The maximum absolute atomic E-state index is 10.0. The molecule has 6 nitrogen and oxygen atoms in total. The van der Waals surface area contributed by atoms with Crippen molar-refractivity contribution >= 4 is 44.5 Å². The van der Waals surface area contributed by atoms with Crippen molar-refractivity contribution in [3.63, 3.8) is 0 Å². The molecule has 0 saturated carbocycles. The number of para-hydroxylation sites is 1. The third-order valence-electron chi connectivity index (χ3n) is 3.61. The van der Waals surface area contributed by atoms with Crippen molar-refractivity contribution in [3.05, 3.63) is 53.2 Å². The van der Waals surface area contributed by atoms with E-state index in [2.05, 4.69) is 15.0 Å². The Kier molecular flexibility index (Phi) is 4.32. The minimum atomic E-state index is -0.341. The highest BCUT2D eigenvalue weighted by Gasteiger charge is 2.17. The first kappa shape index (κ1) is 16.6. The fraction of sp³-hybridized carbons (Fsp3) is 0.0556. The average Bonchev–Trinajstić information content (AvgIpc) is 3.22. The van der Waals surface area contributed by atoms with Crippen LogP contribution in [-0.4, -0.2) is 28.4 Å². The number of aromatic nitrogens is 2. The van der Waals surface area contributed by atoms with Gasteiger partial charge in [-0.3, -0.25) is 0 Å². The summed E-state index contributed by atoms with van der Waals surface area (Å²) in [5, 5.41) is 11.1. The first-order valence-electron chi connectivity index (χ1n) is 7.57. The molecule has 0 unspecified atom stereocenters. The third-order valence-corrected chi connectivity index (χ3v) is 4.79. The van der Waals surface area contributed by atoms with Crippen LogP contribution in [0.5, 0.6) is 11.7 Å². The molecule has 0 aliphatic rings. The summed E-state index contributed by atoms with van der Waals surface area (Å²) < 4.78 is 11.7. The van der Waals surface area contributed by atoms with Gasteiger partial charge in [0.25, 0.3) is 0 Å². The number of fused-ring (bicyclic) bond motifs is 1. The quantitative estimate of drug-likeness (QED) is 0.496. The number of rotatable bonds is 4. The van der Waals surface area contributed by atoms with Crippen molar-refractivity contribution < 1.29 is 14.3 Å². The third kappa shape index (κ3) is 3.14. The first-order valence-corrected chi connectivity index (χ1v) is 8.77. The van der Waals surface area contributed by atoms with Crippen LogP contribution in [0.15, 0.2) is 51.9 Å². The Bertz CT molecular complexity index is 1090. The molecule has 0 amide bonds. The summed E-state index contributed by atoms with van der Waals surface area (Å²) >= 11 is 7.48. The summed E-state index contributed by atoms with van der Waals surface area (Å²) in [7, 11) is 1.53. The van der Waals surface area contributed by atoms with Gasteiger partial charge in [0, 0.05) is 5.02 Å². The zero-order valence-electron chi connectivity index (χ0n) is 13.5. The number of ether oxygens (including phenoxy) is 1. The highest BCUT2D eigenvalue weighted by molar-refractivity contribution is 7.22. The lowest BCUT2D eigenvalue weighted by atomic mass is 10.2. The molecule has 0 atom stereocenters. The SMILES string of the molecule is COc1ccc(Cl)cc1-c1nc(/C=N/c2nc3ccccc3s2)c(O)o1. The Morgan fingerprint density at radius 1 is 1.23 bits per heavy atom. The number of halogens is 1. The zero-order valence-corrected chi connectivity index (χ0v) is 15.1. The number of methoxy groups -OCH3 is 1. The average molecular weight is 386 g/mol. The van der Waals surface area contributed by atoms with Crippen molar-refractivity contribution in [3.8, 4) is 23.1 Å². The van der Waals surface area contributed by atoms with Crippen molar-refractivity contribution in [2.75, 3.05) is 7.11 Å². The summed E-state index contributed by atoms with van der Waals surface area (Å²) in [5.41, 5.74) is 1.61. The Balaban J connectivity index is 1.67. The number of aliphatic imine (C=N–C) groups is 1. The molecule has 0 bridgehead atoms. The van der Waals surface area contributed by atoms with Crippen molar-refractivity contribution in [2.45, 2.75) is 0 Å². The molecule has 0 aliphatic heterocycles. The smallest absolute Gasteiger partial charge is 0.312 e. The number of thiazole rings is 1. The van der Waals surface area contributed by atoms with E-state index in [4.69, 9.17) is 20.8 Å². The van der Waals surface area contributed by atoms with E-state index in [1.807, 2.05) is 24.3 Å². The number of aromatic hydroxyl groups is 1. The number of benzene rings is 2. The van der Waals surface area contributed by atoms with Crippen LogP contribution < -0.4 is 4.74 Å². The van der Waals surface area contributed by atoms with E-state index in [-0.39, 0.29) is 17.5 Å². The highest BCUT2D eigenvalue weighted by atomic mass is 35.5. The van der Waals surface area contributed by atoms with E-state index in [1.54, 1.807) is 18.2 Å². The molecule has 130 valence electrons. The van der Waals surface area contributed by atoms with E-state index in [0.29, 0.717) is 21.5 Å². The topological polar surface area (TPSA) is 80.7 Å². The summed E-state index contributed by atoms with van der Waals surface area (Å²) in [6.45, 7) is 0. The second kappa shape index (κ2) is 6.78. The number of hydrogen-bond acceptors (Lipinski definition) is 7. The lowest BCUT2D eigenvalue weighted by Gasteiger charge is -2.04. The van der Waals surface area contributed by atoms with E-state index >= 15 is 0 Å². The molecular formula is C18H12ClN3O3S. The van der Waals surface area contributed by atoms with Crippen LogP contribution in [0, 0.1) is 0 Å². The fourth-order valence-electron chi connectivity index (χ4n) is 2.40. The van der Waals surface area contributed by atoms with Crippen LogP contribution >= 0.6 is 22.9 Å². The Morgan fingerprint density at radius 2 is 2.08 bits per heavy atom. The zero-order chi connectivity index (χ0) is 18.1. The van der Waals surface area contributed by atoms with Gasteiger partial charge in [-0.05, 0) is 30.3 Å². The van der Waals surface area contributed by atoms with E-state index in [1.165, 1.54) is 24.7 Å². The summed E-state index contributed by atoms with van der Waals surface area (Å²) in [6.07, 6.45) is 1.41. The normalized spacial score (nSPS) is 11.5. The molecular weight excluding hydrogens is 374 g/mol. The Hall–Kier alpha value is -2.90. The minimum absolute atomic E-state index is 0.188. The van der Waals surface area contributed by atoms with Crippen LogP contribution in [0.2, 0.25) is 5.02 Å². The van der Waals surface area contributed by atoms with Crippen LogP contribution in [-0.2, 0) is 0 Å². The summed E-state index contributed by atoms with van der Waals surface area (Å²) in [6, 6.07) is 12.8. The largest absolute Gasteiger partial charge is 0.496 e. The van der Waals surface area contributed by atoms with Crippen LogP contribution in [0.4, 0.5) is 5.13 Å². The van der Waals surface area contributed by atoms with Gasteiger partial charge in [0.1, 0.15) is 5.75 Å². The van der Waals surface area contributed by atoms with Crippen molar-refractivity contribution in [1.29, 1.82) is 0 Å². The first-order chi connectivity index (χ1) is 12.6. The van der Waals surface area contributed by atoms with Crippen LogP contribution in [0.25, 0.3) is 21.7 Å². The molecule has 0 fully saturated rings. The maximum atomic E-state index is 10.0. The second-order valence-electron chi connectivity index (χ2n) is 5.28. The van der Waals surface area contributed by atoms with E-state index in [9.17, 15) is 5.11 Å². The van der Waals surface area contributed by atoms with Crippen LogP contribution in [0.1, 0.15) is 5.69 Å². The number of oxazole rings is 1. The monoisotopic (exact) mass is 385 g/mol. The minimum Gasteiger partial charge on any atom is -0.496 e. The van der Waals surface area contributed by atoms with E-state index in [0.717, 1.165) is 10.2 Å². The molecule has 26 heavy (non-hydrogen) atoms. The molecule has 0 spiro atoms. The van der Waals surface area contributed by atoms with Crippen molar-refractivity contribution in [1.82, 2.24) is 9.97 Å². The molecule has 0 aliphatic carbocycles. The van der Waals surface area contributed by atoms with Gasteiger partial charge in [-0.15, -0.1) is 0 Å². The van der Waals surface area contributed by atoms with Gasteiger partial charge >= 0.3 is 5.95 Å². The van der Waals surface area contributed by atoms with Gasteiger partial charge in [0.05, 0.1) is 29.1 Å². The van der Waals surface area contributed by atoms with Gasteiger partial charge in [-0.1, -0.05) is 35.1 Å². The van der Waals surface area contributed by atoms with Crippen LogP contribution in [0.3, 0.4) is 0 Å². The Labute approximate surface area is 157 Å². The molecule has 8 heteroatoms. The molecule has 2 aromatic carbocycles. The molecule has 2 aromatic heterocycles. The lowest BCUT2D eigenvalue weighted by Crippen LogP contribution is -1.88. The molecule has 0 saturated heterocycles. The molecule has 2 heterocycles. The number of hydrogen-bond donors (Lipinski definition) is 1. The van der Waals surface area contributed by atoms with Crippen molar-refractivity contribution in [2.24, 2.45) is 4.99 Å². The Morgan fingerprint density at radius 3 is 2.88 bits per heavy atom. The number of nitrogens with zero attached hydrogens (tertiary/aromatic N) is 3. The predicted molar refractivity (Wildman–Crippen MR) is 102 cm³/mol. The molecule has 4 aromatic rings. The van der Waals surface area contributed by atoms with Gasteiger partial charge < -0.3 is 14.3 Å².